The predicted molar refractivity (Wildman–Crippen MR) is 86.4 cm³/mol. The van der Waals surface area contributed by atoms with Crippen LogP contribution in [0.3, 0.4) is 0 Å². The number of thioether (sulfide) groups is 1. The Balaban J connectivity index is 1.66. The smallest absolute Gasteiger partial charge is 0.233 e. The van der Waals surface area contributed by atoms with Crippen LogP contribution >= 0.6 is 11.8 Å². The number of nitrogens with zero attached hydrogens (tertiary/aromatic N) is 3. The normalized spacial score (nSPS) is 19.1. The Morgan fingerprint density at radius 3 is 3.00 bits per heavy atom. The Morgan fingerprint density at radius 1 is 1.43 bits per heavy atom. The second-order valence-electron chi connectivity index (χ2n) is 5.82. The Labute approximate surface area is 129 Å². The van der Waals surface area contributed by atoms with E-state index in [2.05, 4.69) is 22.5 Å². The zero-order valence-corrected chi connectivity index (χ0v) is 13.4. The van der Waals surface area contributed by atoms with Crippen molar-refractivity contribution in [3.05, 3.63) is 24.3 Å². The number of imidazole rings is 1. The fourth-order valence-corrected chi connectivity index (χ4v) is 3.78. The second-order valence-corrected chi connectivity index (χ2v) is 6.76. The number of benzene rings is 1. The highest BCUT2D eigenvalue weighted by Gasteiger charge is 2.21. The lowest BCUT2D eigenvalue weighted by molar-refractivity contribution is -0.130. The lowest BCUT2D eigenvalue weighted by atomic mass is 10.0. The van der Waals surface area contributed by atoms with E-state index in [9.17, 15) is 4.79 Å². The van der Waals surface area contributed by atoms with E-state index >= 15 is 0 Å². The van der Waals surface area contributed by atoms with E-state index in [4.69, 9.17) is 0 Å². The molecule has 1 saturated heterocycles. The molecule has 1 aromatic carbocycles. The zero-order valence-electron chi connectivity index (χ0n) is 12.6. The van der Waals surface area contributed by atoms with Crippen molar-refractivity contribution in [3.63, 3.8) is 0 Å². The van der Waals surface area contributed by atoms with Crippen LogP contribution in [0.2, 0.25) is 0 Å². The average Bonchev–Trinajstić information content (AvgIpc) is 2.82. The molecular weight excluding hydrogens is 282 g/mol. The van der Waals surface area contributed by atoms with Gasteiger partial charge in [0.05, 0.1) is 16.8 Å². The van der Waals surface area contributed by atoms with Crippen molar-refractivity contribution in [2.45, 2.75) is 24.9 Å². The molecule has 0 aliphatic carbocycles. The molecule has 21 heavy (non-hydrogen) atoms. The van der Waals surface area contributed by atoms with Gasteiger partial charge in [0.15, 0.2) is 5.16 Å². The molecule has 0 unspecified atom stereocenters. The van der Waals surface area contributed by atoms with Gasteiger partial charge in [-0.2, -0.15) is 0 Å². The highest BCUT2D eigenvalue weighted by atomic mass is 32.2. The monoisotopic (exact) mass is 303 g/mol. The number of carbonyl (C=O) groups is 1. The lowest BCUT2D eigenvalue weighted by Gasteiger charge is -2.30. The first-order valence-electron chi connectivity index (χ1n) is 7.47. The van der Waals surface area contributed by atoms with Crippen molar-refractivity contribution in [1.29, 1.82) is 0 Å². The Bertz CT molecular complexity index is 652. The molecule has 2 aromatic rings. The fraction of sp³-hybridized carbons (Fsp3) is 0.500. The first-order chi connectivity index (χ1) is 10.1. The van der Waals surface area contributed by atoms with Crippen molar-refractivity contribution >= 4 is 28.7 Å². The number of likely N-dealkylation sites (tertiary alicyclic amines) is 1. The third-order valence-electron chi connectivity index (χ3n) is 4.08. The third kappa shape index (κ3) is 3.07. The topological polar surface area (TPSA) is 38.1 Å². The number of carbonyl (C=O) groups excluding carboxylic acids is 1. The zero-order chi connectivity index (χ0) is 14.8. The van der Waals surface area contributed by atoms with Gasteiger partial charge < -0.3 is 9.47 Å². The SMILES string of the molecule is C[C@@H]1CCCN(C(=O)CSc2nc3ccccc3n2C)C1. The molecule has 0 N–H and O–H groups in total. The number of fused-ring (bicyclic) bond motifs is 1. The molecule has 1 atom stereocenters. The summed E-state index contributed by atoms with van der Waals surface area (Å²) < 4.78 is 2.06. The molecular formula is C16H21N3OS. The average molecular weight is 303 g/mol. The van der Waals surface area contributed by atoms with Gasteiger partial charge in [-0.25, -0.2) is 4.98 Å². The highest BCUT2D eigenvalue weighted by molar-refractivity contribution is 7.99. The van der Waals surface area contributed by atoms with E-state index in [1.165, 1.54) is 18.2 Å². The lowest BCUT2D eigenvalue weighted by Crippen LogP contribution is -2.40. The van der Waals surface area contributed by atoms with Crippen LogP contribution in [0.15, 0.2) is 29.4 Å². The van der Waals surface area contributed by atoms with Gasteiger partial charge in [-0.1, -0.05) is 30.8 Å². The number of aromatic nitrogens is 2. The van der Waals surface area contributed by atoms with Crippen molar-refractivity contribution in [2.75, 3.05) is 18.8 Å². The Kier molecular flexibility index (Phi) is 4.19. The molecule has 0 radical (unpaired) electrons. The maximum atomic E-state index is 12.3. The summed E-state index contributed by atoms with van der Waals surface area (Å²) in [6.07, 6.45) is 2.37. The molecule has 112 valence electrons. The molecule has 1 fully saturated rings. The molecule has 1 aliphatic rings. The van der Waals surface area contributed by atoms with Crippen LogP contribution in [0.5, 0.6) is 0 Å². The van der Waals surface area contributed by atoms with E-state index in [0.29, 0.717) is 11.7 Å². The first-order valence-corrected chi connectivity index (χ1v) is 8.45. The van der Waals surface area contributed by atoms with E-state index in [1.807, 2.05) is 30.1 Å². The van der Waals surface area contributed by atoms with Crippen LogP contribution in [0, 0.1) is 5.92 Å². The van der Waals surface area contributed by atoms with Gasteiger partial charge in [0.25, 0.3) is 0 Å². The fourth-order valence-electron chi connectivity index (χ4n) is 2.89. The standard InChI is InChI=1S/C16H21N3OS/c1-12-6-5-9-19(10-12)15(20)11-21-16-17-13-7-3-4-8-14(13)18(16)2/h3-4,7-8,12H,5-6,9-11H2,1-2H3/t12-/m1/s1. The van der Waals surface area contributed by atoms with Crippen LogP contribution in [0.4, 0.5) is 0 Å². The first kappa shape index (κ1) is 14.4. The molecule has 1 aromatic heterocycles. The number of para-hydroxylation sites is 2. The van der Waals surface area contributed by atoms with Gasteiger partial charge >= 0.3 is 0 Å². The molecule has 0 saturated carbocycles. The van der Waals surface area contributed by atoms with Gasteiger partial charge in [-0.05, 0) is 30.9 Å². The number of hydrogen-bond acceptors (Lipinski definition) is 3. The van der Waals surface area contributed by atoms with Crippen LogP contribution in [0.25, 0.3) is 11.0 Å². The van der Waals surface area contributed by atoms with Crippen molar-refractivity contribution in [2.24, 2.45) is 13.0 Å². The largest absolute Gasteiger partial charge is 0.342 e. The summed E-state index contributed by atoms with van der Waals surface area (Å²) in [6, 6.07) is 8.07. The van der Waals surface area contributed by atoms with Crippen LogP contribution in [-0.4, -0.2) is 39.2 Å². The van der Waals surface area contributed by atoms with Crippen molar-refractivity contribution < 1.29 is 4.79 Å². The number of hydrogen-bond donors (Lipinski definition) is 0. The molecule has 2 heterocycles. The highest BCUT2D eigenvalue weighted by Crippen LogP contribution is 2.23. The molecule has 4 nitrogen and oxygen atoms in total. The van der Waals surface area contributed by atoms with Gasteiger partial charge in [0, 0.05) is 20.1 Å². The molecule has 1 amide bonds. The number of amides is 1. The van der Waals surface area contributed by atoms with Gasteiger partial charge in [0.2, 0.25) is 5.91 Å². The summed E-state index contributed by atoms with van der Waals surface area (Å²) in [5.74, 6) is 1.34. The minimum Gasteiger partial charge on any atom is -0.342 e. The predicted octanol–water partition coefficient (Wildman–Crippen LogP) is 2.92. The summed E-state index contributed by atoms with van der Waals surface area (Å²) >= 11 is 1.54. The molecule has 1 aliphatic heterocycles. The number of aryl methyl sites for hydroxylation is 1. The third-order valence-corrected chi connectivity index (χ3v) is 5.10. The molecule has 3 rings (SSSR count). The Hall–Kier alpha value is -1.49. The van der Waals surface area contributed by atoms with Gasteiger partial charge in [0.1, 0.15) is 0 Å². The Morgan fingerprint density at radius 2 is 2.24 bits per heavy atom. The second kappa shape index (κ2) is 6.10. The minimum atomic E-state index is 0.235. The summed E-state index contributed by atoms with van der Waals surface area (Å²) in [4.78, 5) is 18.9. The van der Waals surface area contributed by atoms with E-state index in [-0.39, 0.29) is 5.91 Å². The minimum absolute atomic E-state index is 0.235. The van der Waals surface area contributed by atoms with Crippen LogP contribution < -0.4 is 0 Å². The maximum Gasteiger partial charge on any atom is 0.233 e. The van der Waals surface area contributed by atoms with E-state index in [0.717, 1.165) is 35.7 Å². The van der Waals surface area contributed by atoms with Crippen molar-refractivity contribution in [1.82, 2.24) is 14.5 Å². The summed E-state index contributed by atoms with van der Waals surface area (Å²) in [5, 5.41) is 0.912. The maximum absolute atomic E-state index is 12.3. The van der Waals surface area contributed by atoms with E-state index in [1.54, 1.807) is 0 Å². The molecule has 0 bridgehead atoms. The van der Waals surface area contributed by atoms with Crippen molar-refractivity contribution in [3.8, 4) is 0 Å². The molecule has 0 spiro atoms. The van der Waals surface area contributed by atoms with Gasteiger partial charge in [-0.3, -0.25) is 4.79 Å². The van der Waals surface area contributed by atoms with E-state index < -0.39 is 0 Å². The summed E-state index contributed by atoms with van der Waals surface area (Å²) in [5.41, 5.74) is 2.10. The number of rotatable bonds is 3. The number of piperidine rings is 1. The summed E-state index contributed by atoms with van der Waals surface area (Å²) in [6.45, 7) is 4.03. The quantitative estimate of drug-likeness (QED) is 0.818. The van der Waals surface area contributed by atoms with Gasteiger partial charge in [-0.15, -0.1) is 0 Å². The summed E-state index contributed by atoms with van der Waals surface area (Å²) in [7, 11) is 2.01. The van der Waals surface area contributed by atoms with Crippen LogP contribution in [-0.2, 0) is 11.8 Å². The molecule has 5 heteroatoms. The van der Waals surface area contributed by atoms with Crippen LogP contribution in [0.1, 0.15) is 19.8 Å².